The Morgan fingerprint density at radius 3 is 1.95 bits per heavy atom. The molecule has 3 nitrogen and oxygen atoms in total. The van der Waals surface area contributed by atoms with E-state index < -0.39 is 40.3 Å². The van der Waals surface area contributed by atoms with Gasteiger partial charge in [0.05, 0.1) is 11.2 Å². The van der Waals surface area contributed by atoms with E-state index in [1.165, 1.54) is 11.1 Å². The van der Waals surface area contributed by atoms with Crippen molar-refractivity contribution in [2.75, 3.05) is 0 Å². The molecule has 0 atom stereocenters. The lowest BCUT2D eigenvalue weighted by molar-refractivity contribution is -0.349. The summed E-state index contributed by atoms with van der Waals surface area (Å²) >= 11 is 0. The van der Waals surface area contributed by atoms with Crippen LogP contribution in [0.3, 0.4) is 0 Å². The molecule has 2 rings (SSSR count). The monoisotopic (exact) mass is 314 g/mol. The van der Waals surface area contributed by atoms with Gasteiger partial charge in [0.1, 0.15) is 0 Å². The maximum absolute atomic E-state index is 14.0. The van der Waals surface area contributed by atoms with Gasteiger partial charge in [-0.2, -0.15) is 31.3 Å². The molecule has 0 spiro atoms. The quantitative estimate of drug-likeness (QED) is 0.822. The van der Waals surface area contributed by atoms with Crippen molar-refractivity contribution in [1.29, 1.82) is 0 Å². The Balaban J connectivity index is 2.94. The first-order chi connectivity index (χ1) is 9.48. The second kappa shape index (κ2) is 4.43. The van der Waals surface area contributed by atoms with Crippen LogP contribution in [0.4, 0.5) is 30.7 Å². The molecule has 0 saturated carbocycles. The zero-order valence-corrected chi connectivity index (χ0v) is 9.81. The second-order valence-corrected chi connectivity index (χ2v) is 4.09. The lowest BCUT2D eigenvalue weighted by Gasteiger charge is -2.30. The lowest BCUT2D eigenvalue weighted by atomic mass is 9.96. The van der Waals surface area contributed by atoms with Gasteiger partial charge in [0.25, 0.3) is 0 Å². The molecular weight excluding hydrogens is 309 g/mol. The van der Waals surface area contributed by atoms with Gasteiger partial charge in [0, 0.05) is 5.39 Å². The Morgan fingerprint density at radius 2 is 1.43 bits per heavy atom. The van der Waals surface area contributed by atoms with Gasteiger partial charge in [-0.15, -0.1) is 0 Å². The Kier molecular flexibility index (Phi) is 3.22. The van der Waals surface area contributed by atoms with E-state index in [4.69, 9.17) is 0 Å². The van der Waals surface area contributed by atoms with Crippen LogP contribution in [0.2, 0.25) is 0 Å². The van der Waals surface area contributed by atoms with Crippen molar-refractivity contribution >= 4 is 10.9 Å². The highest BCUT2D eigenvalue weighted by Crippen LogP contribution is 2.53. The number of hydrogen-bond donors (Lipinski definition) is 1. The van der Waals surface area contributed by atoms with Gasteiger partial charge in [0.15, 0.2) is 0 Å². The molecule has 0 aliphatic carbocycles. The van der Waals surface area contributed by atoms with Crippen LogP contribution in [-0.4, -0.2) is 22.3 Å². The number of H-pyrrole nitrogens is 1. The number of alkyl halides is 7. The number of para-hydroxylation sites is 1. The normalized spacial score (nSPS) is 13.7. The molecule has 0 unspecified atom stereocenters. The summed E-state index contributed by atoms with van der Waals surface area (Å²) in [5.74, 6) is 0. The van der Waals surface area contributed by atoms with Crippen molar-refractivity contribution in [3.05, 3.63) is 40.4 Å². The first-order valence-corrected chi connectivity index (χ1v) is 5.30. The smallest absolute Gasteiger partial charge is 0.305 e. The van der Waals surface area contributed by atoms with E-state index >= 15 is 0 Å². The van der Waals surface area contributed by atoms with Crippen molar-refractivity contribution in [2.45, 2.75) is 18.0 Å². The van der Waals surface area contributed by atoms with Gasteiger partial charge in [0.2, 0.25) is 0 Å². The van der Waals surface area contributed by atoms with E-state index in [1.807, 2.05) is 0 Å². The SMILES string of the molecule is O=c1nc2ccccc2c(C(F)(C(F)(F)F)C(F)(F)F)[nH]1. The standard InChI is InChI=1S/C11H5F7N2O/c12-9(10(13,14)15,11(16,17)18)7-5-3-1-2-4-6(5)19-8(21)20-7/h1-4H,(H,19,20,21). The fourth-order valence-electron chi connectivity index (χ4n) is 1.81. The van der Waals surface area contributed by atoms with Crippen LogP contribution in [0.1, 0.15) is 5.69 Å². The van der Waals surface area contributed by atoms with Gasteiger partial charge < -0.3 is 4.98 Å². The van der Waals surface area contributed by atoms with Crippen LogP contribution in [-0.2, 0) is 5.67 Å². The molecule has 1 heterocycles. The van der Waals surface area contributed by atoms with E-state index in [9.17, 15) is 35.5 Å². The molecule has 0 bridgehead atoms. The molecule has 1 aromatic heterocycles. The fraction of sp³-hybridized carbons (Fsp3) is 0.273. The van der Waals surface area contributed by atoms with Crippen LogP contribution < -0.4 is 5.69 Å². The van der Waals surface area contributed by atoms with Crippen molar-refractivity contribution in [1.82, 2.24) is 9.97 Å². The molecule has 2 aromatic rings. The average Bonchev–Trinajstić information content (AvgIpc) is 2.34. The maximum atomic E-state index is 14.0. The van der Waals surface area contributed by atoms with Crippen molar-refractivity contribution in [3.63, 3.8) is 0 Å². The summed E-state index contributed by atoms with van der Waals surface area (Å²) in [6.45, 7) is 0. The molecule has 1 aromatic carbocycles. The van der Waals surface area contributed by atoms with E-state index in [0.29, 0.717) is 0 Å². The van der Waals surface area contributed by atoms with Gasteiger partial charge in [-0.05, 0) is 6.07 Å². The number of rotatable bonds is 1. The van der Waals surface area contributed by atoms with Gasteiger partial charge in [-0.1, -0.05) is 18.2 Å². The number of aromatic nitrogens is 2. The molecule has 0 aliphatic rings. The summed E-state index contributed by atoms with van der Waals surface area (Å²) in [7, 11) is 0. The van der Waals surface area contributed by atoms with Gasteiger partial charge in [-0.3, -0.25) is 0 Å². The van der Waals surface area contributed by atoms with E-state index in [-0.39, 0.29) is 0 Å². The average molecular weight is 314 g/mol. The van der Waals surface area contributed by atoms with Crippen LogP contribution >= 0.6 is 0 Å². The Bertz CT molecular complexity index is 718. The van der Waals surface area contributed by atoms with Crippen LogP contribution in [0, 0.1) is 0 Å². The third-order valence-corrected chi connectivity index (χ3v) is 2.75. The summed E-state index contributed by atoms with van der Waals surface area (Å²) in [5, 5.41) is -0.783. The number of aromatic amines is 1. The first kappa shape index (κ1) is 15.3. The molecule has 21 heavy (non-hydrogen) atoms. The fourth-order valence-corrected chi connectivity index (χ4v) is 1.81. The summed E-state index contributed by atoms with van der Waals surface area (Å²) in [6.07, 6.45) is -12.6. The molecule has 0 amide bonds. The summed E-state index contributed by atoms with van der Waals surface area (Å²) in [4.78, 5) is 15.6. The third-order valence-electron chi connectivity index (χ3n) is 2.75. The Labute approximate surface area is 111 Å². The number of nitrogens with zero attached hydrogens (tertiary/aromatic N) is 1. The van der Waals surface area contributed by atoms with Crippen LogP contribution in [0.25, 0.3) is 10.9 Å². The van der Waals surface area contributed by atoms with Crippen LogP contribution in [0.15, 0.2) is 29.1 Å². The van der Waals surface area contributed by atoms with Crippen molar-refractivity contribution in [2.24, 2.45) is 0 Å². The minimum Gasteiger partial charge on any atom is -0.305 e. The summed E-state index contributed by atoms with van der Waals surface area (Å²) in [5.41, 5.74) is -9.63. The Morgan fingerprint density at radius 1 is 0.905 bits per heavy atom. The minimum absolute atomic E-state index is 0.480. The van der Waals surface area contributed by atoms with E-state index in [0.717, 1.165) is 18.2 Å². The highest BCUT2D eigenvalue weighted by molar-refractivity contribution is 5.81. The van der Waals surface area contributed by atoms with Crippen LogP contribution in [0.5, 0.6) is 0 Å². The predicted molar refractivity (Wildman–Crippen MR) is 57.3 cm³/mol. The summed E-state index contributed by atoms with van der Waals surface area (Å²) < 4.78 is 90.2. The molecule has 10 heteroatoms. The minimum atomic E-state index is -6.31. The zero-order valence-electron chi connectivity index (χ0n) is 9.81. The third kappa shape index (κ3) is 2.24. The van der Waals surface area contributed by atoms with Crippen molar-refractivity contribution < 1.29 is 30.7 Å². The number of fused-ring (bicyclic) bond motifs is 1. The van der Waals surface area contributed by atoms with E-state index in [1.54, 1.807) is 0 Å². The van der Waals surface area contributed by atoms with Gasteiger partial charge in [-0.25, -0.2) is 9.18 Å². The molecule has 1 N–H and O–H groups in total. The molecule has 0 aliphatic heterocycles. The largest absolute Gasteiger partial charge is 0.437 e. The van der Waals surface area contributed by atoms with E-state index in [2.05, 4.69) is 4.98 Å². The number of halogens is 7. The predicted octanol–water partition coefficient (Wildman–Crippen LogP) is 3.21. The molecule has 0 saturated heterocycles. The number of nitrogens with one attached hydrogen (secondary N) is 1. The highest BCUT2D eigenvalue weighted by atomic mass is 19.4. The molecular formula is C11H5F7N2O. The summed E-state index contributed by atoms with van der Waals surface area (Å²) in [6, 6.07) is 4.14. The van der Waals surface area contributed by atoms with Gasteiger partial charge >= 0.3 is 23.7 Å². The molecule has 0 radical (unpaired) electrons. The highest BCUT2D eigenvalue weighted by Gasteiger charge is 2.74. The lowest BCUT2D eigenvalue weighted by Crippen LogP contribution is -2.51. The topological polar surface area (TPSA) is 45.8 Å². The molecule has 0 fully saturated rings. The first-order valence-electron chi connectivity index (χ1n) is 5.30. The zero-order chi connectivity index (χ0) is 16.1. The Hall–Kier alpha value is -2.13. The second-order valence-electron chi connectivity index (χ2n) is 4.09. The molecule has 114 valence electrons. The number of hydrogen-bond acceptors (Lipinski definition) is 2. The maximum Gasteiger partial charge on any atom is 0.437 e. The van der Waals surface area contributed by atoms with Crippen molar-refractivity contribution in [3.8, 4) is 0 Å². The number of benzene rings is 1.